The van der Waals surface area contributed by atoms with Gasteiger partial charge in [-0.25, -0.2) is 0 Å². The number of carbonyl (C=O) groups excluding carboxylic acids is 1. The molecule has 1 aliphatic rings. The highest BCUT2D eigenvalue weighted by Crippen LogP contribution is 2.37. The van der Waals surface area contributed by atoms with Gasteiger partial charge in [-0.1, -0.05) is 25.8 Å². The number of aldehydes is 1. The molecular weight excluding hydrogens is 224 g/mol. The molecule has 0 radical (unpaired) electrons. The van der Waals surface area contributed by atoms with E-state index in [1.165, 1.54) is 19.1 Å². The topological polar surface area (TPSA) is 33.2 Å². The fraction of sp³-hybridized carbons (Fsp3) is 0.600. The second-order valence-electron chi connectivity index (χ2n) is 5.31. The molecule has 0 bridgehead atoms. The zero-order valence-electron chi connectivity index (χ0n) is 11.1. The molecule has 0 amide bonds. The van der Waals surface area contributed by atoms with E-state index < -0.39 is 0 Å². The molecule has 3 heteroatoms. The van der Waals surface area contributed by atoms with Gasteiger partial charge in [0.05, 0.1) is 5.69 Å². The number of aromatic nitrogens is 1. The third-order valence-electron chi connectivity index (χ3n) is 3.95. The van der Waals surface area contributed by atoms with Crippen LogP contribution in [0, 0.1) is 5.41 Å². The molecule has 0 aromatic carbocycles. The molecule has 0 saturated heterocycles. The fourth-order valence-electron chi connectivity index (χ4n) is 2.84. The van der Waals surface area contributed by atoms with Crippen LogP contribution in [0.25, 0.3) is 0 Å². The van der Waals surface area contributed by atoms with Crippen LogP contribution in [0.1, 0.15) is 38.3 Å². The van der Waals surface area contributed by atoms with Crippen molar-refractivity contribution in [3.8, 4) is 0 Å². The third-order valence-corrected chi connectivity index (χ3v) is 3.95. The molecule has 1 aliphatic carbocycles. The van der Waals surface area contributed by atoms with Gasteiger partial charge in [-0.05, 0) is 31.5 Å². The summed E-state index contributed by atoms with van der Waals surface area (Å²) in [5, 5.41) is 0. The fourth-order valence-corrected chi connectivity index (χ4v) is 2.84. The average molecular weight is 246 g/mol. The van der Waals surface area contributed by atoms with Crippen LogP contribution in [0.5, 0.6) is 0 Å². The monoisotopic (exact) mass is 246 g/mol. The molecule has 0 atom stereocenters. The van der Waals surface area contributed by atoms with Gasteiger partial charge in [0.25, 0.3) is 0 Å². The number of hydrogen-bond acceptors (Lipinski definition) is 3. The van der Waals surface area contributed by atoms with Gasteiger partial charge in [0.2, 0.25) is 0 Å². The number of carbonyl (C=O) groups is 1. The Hall–Kier alpha value is -1.22. The third kappa shape index (κ3) is 3.16. The maximum Gasteiger partial charge on any atom is 0.127 e. The van der Waals surface area contributed by atoms with E-state index in [1.807, 2.05) is 24.4 Å². The van der Waals surface area contributed by atoms with Gasteiger partial charge in [-0.3, -0.25) is 9.88 Å². The Balaban J connectivity index is 1.99. The lowest BCUT2D eigenvalue weighted by molar-refractivity contribution is -0.117. The van der Waals surface area contributed by atoms with E-state index >= 15 is 0 Å². The molecule has 1 aromatic rings. The lowest BCUT2D eigenvalue weighted by Gasteiger charge is -2.30. The predicted molar refractivity (Wildman–Crippen MR) is 72.2 cm³/mol. The molecule has 0 aliphatic heterocycles. The number of rotatable bonds is 6. The predicted octanol–water partition coefficient (Wildman–Crippen LogP) is 2.66. The number of hydrogen-bond donors (Lipinski definition) is 0. The van der Waals surface area contributed by atoms with E-state index in [0.717, 1.165) is 38.2 Å². The van der Waals surface area contributed by atoms with Crippen LogP contribution in [0.4, 0.5) is 0 Å². The standard InChI is InChI=1S/C15H22N2O/c1-2-17(11-14-7-3-6-10-16-14)12-15(13-18)8-4-5-9-15/h3,6-7,10,13H,2,4-5,8-9,11-12H2,1H3. The van der Waals surface area contributed by atoms with Crippen LogP contribution in [0.15, 0.2) is 24.4 Å². The molecule has 18 heavy (non-hydrogen) atoms. The highest BCUT2D eigenvalue weighted by Gasteiger charge is 2.34. The van der Waals surface area contributed by atoms with E-state index in [-0.39, 0.29) is 5.41 Å². The van der Waals surface area contributed by atoms with Crippen molar-refractivity contribution >= 4 is 6.29 Å². The van der Waals surface area contributed by atoms with Crippen molar-refractivity contribution in [3.63, 3.8) is 0 Å². The Labute approximate surface area is 109 Å². The van der Waals surface area contributed by atoms with Crippen LogP contribution in [0.2, 0.25) is 0 Å². The quantitative estimate of drug-likeness (QED) is 0.723. The molecule has 1 aromatic heterocycles. The van der Waals surface area contributed by atoms with Crippen LogP contribution < -0.4 is 0 Å². The summed E-state index contributed by atoms with van der Waals surface area (Å²) in [5.74, 6) is 0. The minimum absolute atomic E-state index is 0.0925. The zero-order chi connectivity index (χ0) is 12.8. The van der Waals surface area contributed by atoms with Gasteiger partial charge >= 0.3 is 0 Å². The van der Waals surface area contributed by atoms with Gasteiger partial charge < -0.3 is 4.79 Å². The second-order valence-corrected chi connectivity index (χ2v) is 5.31. The summed E-state index contributed by atoms with van der Waals surface area (Å²) >= 11 is 0. The summed E-state index contributed by atoms with van der Waals surface area (Å²) in [6, 6.07) is 6.00. The Morgan fingerprint density at radius 3 is 2.72 bits per heavy atom. The van der Waals surface area contributed by atoms with Crippen LogP contribution in [0.3, 0.4) is 0 Å². The molecule has 1 saturated carbocycles. The molecule has 1 heterocycles. The number of pyridine rings is 1. The van der Waals surface area contributed by atoms with Crippen molar-refractivity contribution < 1.29 is 4.79 Å². The molecule has 0 spiro atoms. The first-order chi connectivity index (χ1) is 8.78. The summed E-state index contributed by atoms with van der Waals surface area (Å²) in [4.78, 5) is 18.1. The Morgan fingerprint density at radius 1 is 1.39 bits per heavy atom. The summed E-state index contributed by atoms with van der Waals surface area (Å²) in [6.45, 7) is 4.83. The maximum absolute atomic E-state index is 11.4. The molecule has 1 fully saturated rings. The molecule has 0 unspecified atom stereocenters. The Morgan fingerprint density at radius 2 is 2.17 bits per heavy atom. The lowest BCUT2D eigenvalue weighted by atomic mass is 9.87. The van der Waals surface area contributed by atoms with Gasteiger partial charge in [0.1, 0.15) is 6.29 Å². The lowest BCUT2D eigenvalue weighted by Crippen LogP contribution is -2.37. The van der Waals surface area contributed by atoms with Crippen LogP contribution in [-0.4, -0.2) is 29.3 Å². The largest absolute Gasteiger partial charge is 0.303 e. The minimum Gasteiger partial charge on any atom is -0.303 e. The van der Waals surface area contributed by atoms with Crippen molar-refractivity contribution in [2.75, 3.05) is 13.1 Å². The van der Waals surface area contributed by atoms with E-state index in [2.05, 4.69) is 16.8 Å². The highest BCUT2D eigenvalue weighted by atomic mass is 16.1. The summed E-state index contributed by atoms with van der Waals surface area (Å²) in [5.41, 5.74) is 0.989. The van der Waals surface area contributed by atoms with Crippen molar-refractivity contribution in [2.45, 2.75) is 39.2 Å². The Kier molecular flexibility index (Phi) is 4.48. The molecule has 3 nitrogen and oxygen atoms in total. The first kappa shape index (κ1) is 13.2. The molecule has 2 rings (SSSR count). The minimum atomic E-state index is -0.0925. The van der Waals surface area contributed by atoms with Gasteiger partial charge in [0, 0.05) is 24.7 Å². The zero-order valence-corrected chi connectivity index (χ0v) is 11.1. The van der Waals surface area contributed by atoms with Crippen LogP contribution >= 0.6 is 0 Å². The van der Waals surface area contributed by atoms with Gasteiger partial charge in [0.15, 0.2) is 0 Å². The van der Waals surface area contributed by atoms with Crippen molar-refractivity contribution in [1.29, 1.82) is 0 Å². The average Bonchev–Trinajstić information content (AvgIpc) is 2.88. The second kappa shape index (κ2) is 6.10. The smallest absolute Gasteiger partial charge is 0.127 e. The molecule has 0 N–H and O–H groups in total. The summed E-state index contributed by atoms with van der Waals surface area (Å²) in [7, 11) is 0. The first-order valence-corrected chi connectivity index (χ1v) is 6.86. The van der Waals surface area contributed by atoms with E-state index in [9.17, 15) is 4.79 Å². The van der Waals surface area contributed by atoms with Crippen molar-refractivity contribution in [2.24, 2.45) is 5.41 Å². The van der Waals surface area contributed by atoms with E-state index in [0.29, 0.717) is 0 Å². The van der Waals surface area contributed by atoms with Crippen LogP contribution in [-0.2, 0) is 11.3 Å². The SMILES string of the molecule is CCN(Cc1ccccn1)CC1(C=O)CCCC1. The normalized spacial score (nSPS) is 18.1. The summed E-state index contributed by atoms with van der Waals surface area (Å²) in [6.07, 6.45) is 7.51. The van der Waals surface area contributed by atoms with Crippen molar-refractivity contribution in [1.82, 2.24) is 9.88 Å². The molecule has 98 valence electrons. The van der Waals surface area contributed by atoms with Gasteiger partial charge in [-0.15, -0.1) is 0 Å². The maximum atomic E-state index is 11.4. The van der Waals surface area contributed by atoms with E-state index in [4.69, 9.17) is 0 Å². The first-order valence-electron chi connectivity index (χ1n) is 6.86. The highest BCUT2D eigenvalue weighted by molar-refractivity contribution is 5.60. The summed E-state index contributed by atoms with van der Waals surface area (Å²) < 4.78 is 0. The number of nitrogens with zero attached hydrogens (tertiary/aromatic N) is 2. The van der Waals surface area contributed by atoms with Gasteiger partial charge in [-0.2, -0.15) is 0 Å². The van der Waals surface area contributed by atoms with E-state index in [1.54, 1.807) is 0 Å². The van der Waals surface area contributed by atoms with Crippen molar-refractivity contribution in [3.05, 3.63) is 30.1 Å². The molecular formula is C15H22N2O. The Bertz CT molecular complexity index is 371.